The minimum atomic E-state index is -0.612. The number of carbonyl (C=O) groups excluding carboxylic acids is 1. The quantitative estimate of drug-likeness (QED) is 0.373. The van der Waals surface area contributed by atoms with Crippen LogP contribution in [0.25, 0.3) is 6.08 Å². The van der Waals surface area contributed by atoms with Crippen LogP contribution >= 0.6 is 0 Å². The lowest BCUT2D eigenvalue weighted by molar-refractivity contribution is -0.384. The molecule has 24 heavy (non-hydrogen) atoms. The molecular formula is C17H12N2O5. The Balaban J connectivity index is 1.94. The SMILES string of the molecule is COc1cccc(/C=C2\N=C(c3cccc([N+](=O)[O-])c3)OC2=O)c1. The van der Waals surface area contributed by atoms with Crippen molar-refractivity contribution in [2.45, 2.75) is 0 Å². The van der Waals surface area contributed by atoms with Crippen LogP contribution in [0.1, 0.15) is 11.1 Å². The number of hydrogen-bond acceptors (Lipinski definition) is 6. The van der Waals surface area contributed by atoms with Gasteiger partial charge in [0.15, 0.2) is 5.70 Å². The van der Waals surface area contributed by atoms with Crippen molar-refractivity contribution in [3.05, 3.63) is 75.5 Å². The molecule has 2 aromatic carbocycles. The number of non-ortho nitro benzene ring substituents is 1. The first-order chi connectivity index (χ1) is 11.6. The lowest BCUT2D eigenvalue weighted by Crippen LogP contribution is -2.05. The number of benzene rings is 2. The van der Waals surface area contributed by atoms with Crippen molar-refractivity contribution in [3.8, 4) is 5.75 Å². The van der Waals surface area contributed by atoms with Crippen LogP contribution in [0.3, 0.4) is 0 Å². The molecule has 3 rings (SSSR count). The van der Waals surface area contributed by atoms with Gasteiger partial charge in [-0.15, -0.1) is 0 Å². The van der Waals surface area contributed by atoms with Gasteiger partial charge in [0.05, 0.1) is 12.0 Å². The predicted octanol–water partition coefficient (Wildman–Crippen LogP) is 2.95. The van der Waals surface area contributed by atoms with E-state index < -0.39 is 10.9 Å². The molecule has 0 atom stereocenters. The third-order valence-electron chi connectivity index (χ3n) is 3.32. The van der Waals surface area contributed by atoms with Gasteiger partial charge >= 0.3 is 5.97 Å². The molecule has 0 radical (unpaired) electrons. The summed E-state index contributed by atoms with van der Waals surface area (Å²) in [6, 6.07) is 12.9. The fourth-order valence-electron chi connectivity index (χ4n) is 2.17. The second-order valence-corrected chi connectivity index (χ2v) is 4.92. The highest BCUT2D eigenvalue weighted by Gasteiger charge is 2.25. The molecule has 1 aliphatic rings. The van der Waals surface area contributed by atoms with Crippen molar-refractivity contribution >= 4 is 23.6 Å². The van der Waals surface area contributed by atoms with Crippen LogP contribution in [0.5, 0.6) is 5.75 Å². The van der Waals surface area contributed by atoms with Crippen molar-refractivity contribution in [3.63, 3.8) is 0 Å². The Morgan fingerprint density at radius 1 is 1.21 bits per heavy atom. The number of esters is 1. The molecule has 0 aliphatic carbocycles. The van der Waals surface area contributed by atoms with Crippen molar-refractivity contribution in [2.24, 2.45) is 4.99 Å². The van der Waals surface area contributed by atoms with E-state index in [1.165, 1.54) is 18.2 Å². The maximum absolute atomic E-state index is 12.0. The van der Waals surface area contributed by atoms with Crippen LogP contribution in [0.2, 0.25) is 0 Å². The van der Waals surface area contributed by atoms with Crippen LogP contribution < -0.4 is 4.74 Å². The first-order valence-corrected chi connectivity index (χ1v) is 6.98. The van der Waals surface area contributed by atoms with Gasteiger partial charge in [0.1, 0.15) is 5.75 Å². The molecule has 2 aromatic rings. The molecule has 0 bridgehead atoms. The smallest absolute Gasteiger partial charge is 0.363 e. The van der Waals surface area contributed by atoms with Gasteiger partial charge < -0.3 is 9.47 Å². The number of nitrogens with zero attached hydrogens (tertiary/aromatic N) is 2. The summed E-state index contributed by atoms with van der Waals surface area (Å²) >= 11 is 0. The molecule has 0 spiro atoms. The van der Waals surface area contributed by atoms with Crippen molar-refractivity contribution in [1.29, 1.82) is 0 Å². The highest BCUT2D eigenvalue weighted by molar-refractivity contribution is 6.13. The average molecular weight is 324 g/mol. The molecule has 0 N–H and O–H groups in total. The van der Waals surface area contributed by atoms with Crippen LogP contribution in [0.15, 0.2) is 59.2 Å². The fraction of sp³-hybridized carbons (Fsp3) is 0.0588. The van der Waals surface area contributed by atoms with Crippen LogP contribution in [0.4, 0.5) is 5.69 Å². The highest BCUT2D eigenvalue weighted by atomic mass is 16.6. The summed E-state index contributed by atoms with van der Waals surface area (Å²) in [5.41, 5.74) is 1.11. The fourth-order valence-corrected chi connectivity index (χ4v) is 2.17. The van der Waals surface area contributed by atoms with E-state index in [-0.39, 0.29) is 17.3 Å². The van der Waals surface area contributed by atoms with Crippen molar-refractivity contribution in [2.75, 3.05) is 7.11 Å². The summed E-state index contributed by atoms with van der Waals surface area (Å²) < 4.78 is 10.2. The van der Waals surface area contributed by atoms with E-state index in [4.69, 9.17) is 9.47 Å². The van der Waals surface area contributed by atoms with E-state index in [2.05, 4.69) is 4.99 Å². The molecule has 0 fully saturated rings. The Labute approximate surface area is 137 Å². The summed E-state index contributed by atoms with van der Waals surface area (Å²) in [6.07, 6.45) is 1.56. The van der Waals surface area contributed by atoms with Crippen molar-refractivity contribution < 1.29 is 19.2 Å². The van der Waals surface area contributed by atoms with Gasteiger partial charge in [0.25, 0.3) is 5.69 Å². The van der Waals surface area contributed by atoms with E-state index in [1.807, 2.05) is 0 Å². The average Bonchev–Trinajstić information content (AvgIpc) is 2.96. The molecular weight excluding hydrogens is 312 g/mol. The highest BCUT2D eigenvalue weighted by Crippen LogP contribution is 2.22. The number of cyclic esters (lactones) is 1. The lowest BCUT2D eigenvalue weighted by atomic mass is 10.2. The Morgan fingerprint density at radius 2 is 2.00 bits per heavy atom. The molecule has 0 aromatic heterocycles. The monoisotopic (exact) mass is 324 g/mol. The molecule has 0 saturated carbocycles. The molecule has 7 heteroatoms. The number of ether oxygens (including phenoxy) is 2. The third-order valence-corrected chi connectivity index (χ3v) is 3.32. The number of rotatable bonds is 4. The normalized spacial score (nSPS) is 15.1. The van der Waals surface area contributed by atoms with Gasteiger partial charge in [-0.05, 0) is 29.8 Å². The molecule has 120 valence electrons. The molecule has 0 unspecified atom stereocenters. The van der Waals surface area contributed by atoms with E-state index in [1.54, 1.807) is 43.5 Å². The number of carbonyl (C=O) groups is 1. The van der Waals surface area contributed by atoms with E-state index in [0.29, 0.717) is 11.3 Å². The molecule has 7 nitrogen and oxygen atoms in total. The lowest BCUT2D eigenvalue weighted by Gasteiger charge is -2.00. The summed E-state index contributed by atoms with van der Waals surface area (Å²) in [7, 11) is 1.55. The standard InChI is InChI=1S/C17H12N2O5/c1-23-14-7-2-4-11(8-14)9-15-17(20)24-16(18-15)12-5-3-6-13(10-12)19(21)22/h2-10H,1H3/b15-9-. The Morgan fingerprint density at radius 3 is 2.75 bits per heavy atom. The zero-order valence-electron chi connectivity index (χ0n) is 12.6. The number of nitro benzene ring substituents is 1. The second-order valence-electron chi connectivity index (χ2n) is 4.92. The summed E-state index contributed by atoms with van der Waals surface area (Å²) in [4.78, 5) is 26.4. The third kappa shape index (κ3) is 3.14. The molecule has 1 aliphatic heterocycles. The van der Waals surface area contributed by atoms with Gasteiger partial charge in [-0.2, -0.15) is 0 Å². The topological polar surface area (TPSA) is 91.0 Å². The number of aliphatic imine (C=N–C) groups is 1. The summed E-state index contributed by atoms with van der Waals surface area (Å²) in [5.74, 6) is 0.0794. The van der Waals surface area contributed by atoms with E-state index >= 15 is 0 Å². The minimum absolute atomic E-state index is 0.0397. The number of nitro groups is 1. The van der Waals surface area contributed by atoms with Crippen LogP contribution in [0, 0.1) is 10.1 Å². The Kier molecular flexibility index (Phi) is 4.07. The second kappa shape index (κ2) is 6.33. The van der Waals surface area contributed by atoms with Gasteiger partial charge in [-0.1, -0.05) is 18.2 Å². The first kappa shape index (κ1) is 15.4. The summed E-state index contributed by atoms with van der Waals surface area (Å²) in [6.45, 7) is 0. The van der Waals surface area contributed by atoms with E-state index in [9.17, 15) is 14.9 Å². The number of hydrogen-bond donors (Lipinski definition) is 0. The predicted molar refractivity (Wildman–Crippen MR) is 86.7 cm³/mol. The summed E-state index contributed by atoms with van der Waals surface area (Å²) in [5, 5.41) is 10.8. The van der Waals surface area contributed by atoms with Gasteiger partial charge in [-0.25, -0.2) is 9.79 Å². The molecule has 1 heterocycles. The minimum Gasteiger partial charge on any atom is -0.497 e. The maximum Gasteiger partial charge on any atom is 0.363 e. The number of methoxy groups -OCH3 is 1. The van der Waals surface area contributed by atoms with Crippen LogP contribution in [-0.4, -0.2) is 23.9 Å². The zero-order valence-corrected chi connectivity index (χ0v) is 12.6. The zero-order chi connectivity index (χ0) is 17.1. The Hall–Kier alpha value is -3.48. The van der Waals surface area contributed by atoms with Crippen molar-refractivity contribution in [1.82, 2.24) is 0 Å². The maximum atomic E-state index is 12.0. The Bertz CT molecular complexity index is 886. The van der Waals surface area contributed by atoms with Crippen LogP contribution in [-0.2, 0) is 9.53 Å². The largest absolute Gasteiger partial charge is 0.497 e. The first-order valence-electron chi connectivity index (χ1n) is 6.98. The molecule has 0 amide bonds. The van der Waals surface area contributed by atoms with Gasteiger partial charge in [-0.3, -0.25) is 10.1 Å². The molecule has 0 saturated heterocycles. The van der Waals surface area contributed by atoms with Gasteiger partial charge in [0.2, 0.25) is 5.90 Å². The van der Waals surface area contributed by atoms with E-state index in [0.717, 1.165) is 5.56 Å². The van der Waals surface area contributed by atoms with Gasteiger partial charge in [0, 0.05) is 17.7 Å².